The van der Waals surface area contributed by atoms with Gasteiger partial charge in [0.05, 0.1) is 0 Å². The van der Waals surface area contributed by atoms with Crippen molar-refractivity contribution in [2.24, 2.45) is 0 Å². The number of allylic oxidation sites excluding steroid dienone is 2. The molecule has 0 spiro atoms. The third-order valence-corrected chi connectivity index (χ3v) is 3.67. The monoisotopic (exact) mass is 222 g/mol. The maximum Gasteiger partial charge on any atom is 0.155 e. The summed E-state index contributed by atoms with van der Waals surface area (Å²) < 4.78 is 0. The fourth-order valence-corrected chi connectivity index (χ4v) is 2.59. The number of hydrogen-bond donors (Lipinski definition) is 0. The van der Waals surface area contributed by atoms with Crippen LogP contribution in [-0.2, 0) is 4.79 Å². The second kappa shape index (κ2) is 7.65. The molecule has 92 valence electrons. The van der Waals surface area contributed by atoms with Crippen LogP contribution >= 0.6 is 0 Å². The van der Waals surface area contributed by atoms with Gasteiger partial charge in [0.25, 0.3) is 0 Å². The molecule has 0 fully saturated rings. The molecule has 0 radical (unpaired) electrons. The van der Waals surface area contributed by atoms with Crippen molar-refractivity contribution in [2.45, 2.75) is 78.1 Å². The molecule has 0 aromatic rings. The molecule has 0 amide bonds. The highest BCUT2D eigenvalue weighted by molar-refractivity contribution is 5.93. The van der Waals surface area contributed by atoms with E-state index in [0.717, 1.165) is 18.4 Å². The van der Waals surface area contributed by atoms with E-state index in [1.807, 2.05) is 0 Å². The van der Waals surface area contributed by atoms with Crippen molar-refractivity contribution < 1.29 is 4.79 Å². The van der Waals surface area contributed by atoms with Crippen molar-refractivity contribution in [1.82, 2.24) is 0 Å². The smallest absolute Gasteiger partial charge is 0.155 e. The van der Waals surface area contributed by atoms with Gasteiger partial charge in [0, 0.05) is 0 Å². The van der Waals surface area contributed by atoms with Gasteiger partial charge in [-0.15, -0.1) is 0 Å². The van der Waals surface area contributed by atoms with Crippen LogP contribution in [0.25, 0.3) is 0 Å². The van der Waals surface area contributed by atoms with Crippen LogP contribution in [0.3, 0.4) is 0 Å². The third-order valence-electron chi connectivity index (χ3n) is 3.67. The standard InChI is InChI=1S/C15H26O/c1-13-11-9-7-5-3-4-6-8-10-12-15(13)14(2)16/h3-12H2,1-2H3. The van der Waals surface area contributed by atoms with Crippen LogP contribution in [0.4, 0.5) is 0 Å². The summed E-state index contributed by atoms with van der Waals surface area (Å²) in [5, 5.41) is 0. The van der Waals surface area contributed by atoms with Gasteiger partial charge < -0.3 is 0 Å². The minimum atomic E-state index is 0.301. The molecule has 0 aromatic carbocycles. The number of carbonyl (C=O) groups is 1. The zero-order valence-corrected chi connectivity index (χ0v) is 11.0. The van der Waals surface area contributed by atoms with Gasteiger partial charge in [-0.1, -0.05) is 44.1 Å². The molecule has 0 unspecified atom stereocenters. The van der Waals surface area contributed by atoms with Crippen LogP contribution in [0.5, 0.6) is 0 Å². The topological polar surface area (TPSA) is 17.1 Å². The summed E-state index contributed by atoms with van der Waals surface area (Å²) in [6.45, 7) is 3.88. The molecule has 1 rings (SSSR count). The summed E-state index contributed by atoms with van der Waals surface area (Å²) in [6, 6.07) is 0. The van der Waals surface area contributed by atoms with E-state index in [0.29, 0.717) is 5.78 Å². The van der Waals surface area contributed by atoms with Crippen molar-refractivity contribution in [1.29, 1.82) is 0 Å². The highest BCUT2D eigenvalue weighted by atomic mass is 16.1. The molecule has 0 atom stereocenters. The molecule has 0 aromatic heterocycles. The zero-order chi connectivity index (χ0) is 11.8. The number of ketones is 1. The lowest BCUT2D eigenvalue weighted by Crippen LogP contribution is -2.01. The highest BCUT2D eigenvalue weighted by Gasteiger charge is 2.08. The van der Waals surface area contributed by atoms with Crippen LogP contribution in [0.15, 0.2) is 11.1 Å². The van der Waals surface area contributed by atoms with Crippen LogP contribution in [0.2, 0.25) is 0 Å². The Labute approximate surface area is 100 Å². The largest absolute Gasteiger partial charge is 0.295 e. The van der Waals surface area contributed by atoms with Crippen LogP contribution < -0.4 is 0 Å². The van der Waals surface area contributed by atoms with E-state index >= 15 is 0 Å². The fourth-order valence-electron chi connectivity index (χ4n) is 2.59. The molecule has 0 saturated heterocycles. The lowest BCUT2D eigenvalue weighted by Gasteiger charge is -2.11. The molecule has 0 saturated carbocycles. The summed E-state index contributed by atoms with van der Waals surface area (Å²) in [4.78, 5) is 11.6. The van der Waals surface area contributed by atoms with Gasteiger partial charge in [0.1, 0.15) is 0 Å². The van der Waals surface area contributed by atoms with E-state index < -0.39 is 0 Å². The van der Waals surface area contributed by atoms with E-state index in [1.54, 1.807) is 6.92 Å². The van der Waals surface area contributed by atoms with Gasteiger partial charge in [0.15, 0.2) is 5.78 Å². The van der Waals surface area contributed by atoms with E-state index in [2.05, 4.69) is 6.92 Å². The Morgan fingerprint density at radius 3 is 1.75 bits per heavy atom. The van der Waals surface area contributed by atoms with Crippen LogP contribution in [0.1, 0.15) is 78.1 Å². The summed E-state index contributed by atoms with van der Waals surface area (Å²) >= 11 is 0. The molecule has 0 aliphatic heterocycles. The maximum atomic E-state index is 11.6. The van der Waals surface area contributed by atoms with Gasteiger partial charge in [-0.3, -0.25) is 4.79 Å². The van der Waals surface area contributed by atoms with E-state index in [-0.39, 0.29) is 0 Å². The van der Waals surface area contributed by atoms with E-state index in [1.165, 1.54) is 56.9 Å². The fraction of sp³-hybridized carbons (Fsp3) is 0.800. The molecule has 0 N–H and O–H groups in total. The van der Waals surface area contributed by atoms with Gasteiger partial charge in [0.2, 0.25) is 0 Å². The first kappa shape index (κ1) is 13.5. The Balaban J connectivity index is 2.59. The number of hydrogen-bond acceptors (Lipinski definition) is 1. The van der Waals surface area contributed by atoms with Gasteiger partial charge in [-0.05, 0) is 45.1 Å². The Morgan fingerprint density at radius 1 is 0.812 bits per heavy atom. The maximum absolute atomic E-state index is 11.6. The van der Waals surface area contributed by atoms with Crippen molar-refractivity contribution in [3.05, 3.63) is 11.1 Å². The zero-order valence-electron chi connectivity index (χ0n) is 11.0. The molecule has 1 aliphatic rings. The quantitative estimate of drug-likeness (QED) is 0.622. The molecule has 0 bridgehead atoms. The molecule has 1 heteroatoms. The van der Waals surface area contributed by atoms with Gasteiger partial charge >= 0.3 is 0 Å². The lowest BCUT2D eigenvalue weighted by atomic mass is 9.94. The number of rotatable bonds is 1. The highest BCUT2D eigenvalue weighted by Crippen LogP contribution is 2.21. The molecule has 0 heterocycles. The summed E-state index contributed by atoms with van der Waals surface area (Å²) in [5.41, 5.74) is 2.48. The Kier molecular flexibility index (Phi) is 6.44. The van der Waals surface area contributed by atoms with Crippen molar-refractivity contribution in [3.8, 4) is 0 Å². The van der Waals surface area contributed by atoms with Crippen molar-refractivity contribution >= 4 is 5.78 Å². The van der Waals surface area contributed by atoms with Crippen LogP contribution in [0, 0.1) is 0 Å². The Bertz CT molecular complexity index is 250. The van der Waals surface area contributed by atoms with Crippen molar-refractivity contribution in [2.75, 3.05) is 0 Å². The first-order chi connectivity index (χ1) is 7.72. The first-order valence-corrected chi connectivity index (χ1v) is 6.91. The normalized spacial score (nSPS) is 21.1. The molecule has 16 heavy (non-hydrogen) atoms. The van der Waals surface area contributed by atoms with Crippen molar-refractivity contribution in [3.63, 3.8) is 0 Å². The average Bonchev–Trinajstić information content (AvgIpc) is 2.22. The first-order valence-electron chi connectivity index (χ1n) is 6.91. The minimum Gasteiger partial charge on any atom is -0.295 e. The third kappa shape index (κ3) is 4.96. The Morgan fingerprint density at radius 2 is 1.25 bits per heavy atom. The molecule has 1 aliphatic carbocycles. The van der Waals surface area contributed by atoms with E-state index in [9.17, 15) is 4.79 Å². The molecular formula is C15H26O. The number of carbonyl (C=O) groups excluding carboxylic acids is 1. The summed E-state index contributed by atoms with van der Waals surface area (Å²) in [6.07, 6.45) is 12.8. The second-order valence-electron chi connectivity index (χ2n) is 5.14. The summed E-state index contributed by atoms with van der Waals surface area (Å²) in [7, 11) is 0. The van der Waals surface area contributed by atoms with Crippen LogP contribution in [-0.4, -0.2) is 5.78 Å². The predicted molar refractivity (Wildman–Crippen MR) is 69.6 cm³/mol. The van der Waals surface area contributed by atoms with Gasteiger partial charge in [-0.25, -0.2) is 0 Å². The minimum absolute atomic E-state index is 0.301. The average molecular weight is 222 g/mol. The lowest BCUT2D eigenvalue weighted by molar-refractivity contribution is -0.113. The number of Topliss-reactive ketones (excluding diaryl/α,β-unsaturated/α-hetero) is 1. The van der Waals surface area contributed by atoms with E-state index in [4.69, 9.17) is 0 Å². The molecule has 1 nitrogen and oxygen atoms in total. The Hall–Kier alpha value is -0.590. The SMILES string of the molecule is CC(=O)C1=C(C)CCCCCCCCCC1. The molecular weight excluding hydrogens is 196 g/mol. The predicted octanol–water partition coefficient (Wildman–Crippen LogP) is 4.81. The second-order valence-corrected chi connectivity index (χ2v) is 5.14. The summed E-state index contributed by atoms with van der Waals surface area (Å²) in [5.74, 6) is 0.301. The van der Waals surface area contributed by atoms with Gasteiger partial charge in [-0.2, -0.15) is 0 Å².